The topological polar surface area (TPSA) is 52.3 Å². The summed E-state index contributed by atoms with van der Waals surface area (Å²) in [5, 5.41) is 0.296. The fourth-order valence-electron chi connectivity index (χ4n) is 1.73. The Balaban J connectivity index is 2.11. The smallest absolute Gasteiger partial charge is 0.338 e. The van der Waals surface area contributed by atoms with Gasteiger partial charge in [0.05, 0.1) is 5.56 Å². The number of hydrogen-bond donors (Lipinski definition) is 1. The molecule has 0 aromatic heterocycles. The van der Waals surface area contributed by atoms with E-state index in [2.05, 4.69) is 0 Å². The van der Waals surface area contributed by atoms with Crippen LogP contribution >= 0.6 is 11.6 Å². The van der Waals surface area contributed by atoms with Crippen molar-refractivity contribution in [3.63, 3.8) is 0 Å². The van der Waals surface area contributed by atoms with E-state index in [1.807, 2.05) is 0 Å². The van der Waals surface area contributed by atoms with Gasteiger partial charge in [0.15, 0.2) is 0 Å². The van der Waals surface area contributed by atoms with Gasteiger partial charge in [-0.15, -0.1) is 0 Å². The first kappa shape index (κ1) is 14.3. The number of anilines is 1. The first-order valence-electron chi connectivity index (χ1n) is 5.95. The van der Waals surface area contributed by atoms with Crippen molar-refractivity contribution in [3.05, 3.63) is 63.9 Å². The van der Waals surface area contributed by atoms with Crippen molar-refractivity contribution in [1.82, 2.24) is 0 Å². The Kier molecular flexibility index (Phi) is 4.25. The molecule has 0 saturated heterocycles. The molecule has 0 aliphatic carbocycles. The van der Waals surface area contributed by atoms with Gasteiger partial charge < -0.3 is 10.5 Å². The second-order valence-corrected chi connectivity index (χ2v) is 4.77. The molecule has 0 heterocycles. The maximum atomic E-state index is 13.6. The average molecular weight is 294 g/mol. The minimum Gasteiger partial charge on any atom is -0.457 e. The number of ether oxygens (including phenoxy) is 1. The number of carbonyl (C=O) groups is 1. The fourth-order valence-corrected chi connectivity index (χ4v) is 1.89. The zero-order chi connectivity index (χ0) is 14.7. The van der Waals surface area contributed by atoms with Gasteiger partial charge in [-0.3, -0.25) is 0 Å². The van der Waals surface area contributed by atoms with Gasteiger partial charge in [0.2, 0.25) is 0 Å². The van der Waals surface area contributed by atoms with Crippen molar-refractivity contribution in [3.8, 4) is 0 Å². The largest absolute Gasteiger partial charge is 0.457 e. The molecule has 5 heteroatoms. The number of hydrogen-bond acceptors (Lipinski definition) is 3. The molecule has 0 aliphatic heterocycles. The minimum atomic E-state index is -0.538. The molecule has 0 spiro atoms. The maximum absolute atomic E-state index is 13.6. The van der Waals surface area contributed by atoms with Gasteiger partial charge in [0.1, 0.15) is 12.4 Å². The van der Waals surface area contributed by atoms with Crippen LogP contribution in [0.4, 0.5) is 10.1 Å². The molecule has 0 amide bonds. The summed E-state index contributed by atoms with van der Waals surface area (Å²) < 4.78 is 18.6. The summed E-state index contributed by atoms with van der Waals surface area (Å²) in [7, 11) is 0. The normalized spacial score (nSPS) is 10.3. The lowest BCUT2D eigenvalue weighted by Crippen LogP contribution is -2.09. The molecule has 104 valence electrons. The van der Waals surface area contributed by atoms with E-state index in [0.29, 0.717) is 21.8 Å². The van der Waals surface area contributed by atoms with Gasteiger partial charge in [0.25, 0.3) is 0 Å². The summed E-state index contributed by atoms with van der Waals surface area (Å²) in [6.07, 6.45) is 0. The van der Waals surface area contributed by atoms with Crippen molar-refractivity contribution in [2.45, 2.75) is 13.5 Å². The van der Waals surface area contributed by atoms with Gasteiger partial charge in [-0.1, -0.05) is 23.7 Å². The van der Waals surface area contributed by atoms with Crippen LogP contribution in [-0.4, -0.2) is 5.97 Å². The molecule has 0 bridgehead atoms. The van der Waals surface area contributed by atoms with Gasteiger partial charge >= 0.3 is 5.97 Å². The van der Waals surface area contributed by atoms with E-state index in [1.165, 1.54) is 12.1 Å². The van der Waals surface area contributed by atoms with Gasteiger partial charge in [0, 0.05) is 16.3 Å². The van der Waals surface area contributed by atoms with Crippen LogP contribution in [-0.2, 0) is 11.3 Å². The van der Waals surface area contributed by atoms with E-state index in [0.717, 1.165) is 0 Å². The number of nitrogens with two attached hydrogens (primary N) is 1. The molecule has 0 aliphatic rings. The number of benzene rings is 2. The van der Waals surface area contributed by atoms with E-state index in [-0.39, 0.29) is 12.2 Å². The third-order valence-electron chi connectivity index (χ3n) is 2.97. The first-order valence-corrected chi connectivity index (χ1v) is 6.33. The van der Waals surface area contributed by atoms with Crippen LogP contribution in [0.2, 0.25) is 5.02 Å². The molecule has 0 unspecified atom stereocenters. The molecule has 0 fully saturated rings. The van der Waals surface area contributed by atoms with E-state index >= 15 is 0 Å². The number of rotatable bonds is 3. The zero-order valence-electron chi connectivity index (χ0n) is 10.8. The highest BCUT2D eigenvalue weighted by atomic mass is 35.5. The summed E-state index contributed by atoms with van der Waals surface area (Å²) in [6, 6.07) is 9.19. The molecule has 20 heavy (non-hydrogen) atoms. The third-order valence-corrected chi connectivity index (χ3v) is 3.20. The zero-order valence-corrected chi connectivity index (χ0v) is 11.6. The van der Waals surface area contributed by atoms with E-state index in [4.69, 9.17) is 22.1 Å². The van der Waals surface area contributed by atoms with Crippen LogP contribution in [0, 0.1) is 12.7 Å². The Morgan fingerprint density at radius 1 is 1.35 bits per heavy atom. The summed E-state index contributed by atoms with van der Waals surface area (Å²) in [4.78, 5) is 11.9. The molecule has 0 atom stereocenters. The Morgan fingerprint density at radius 3 is 2.80 bits per heavy atom. The highest BCUT2D eigenvalue weighted by Crippen LogP contribution is 2.19. The van der Waals surface area contributed by atoms with Gasteiger partial charge in [-0.05, 0) is 36.8 Å². The molecule has 0 radical (unpaired) electrons. The van der Waals surface area contributed by atoms with Crippen molar-refractivity contribution in [2.24, 2.45) is 0 Å². The monoisotopic (exact) mass is 293 g/mol. The van der Waals surface area contributed by atoms with Gasteiger partial charge in [-0.25, -0.2) is 9.18 Å². The molecule has 3 nitrogen and oxygen atoms in total. The van der Waals surface area contributed by atoms with Crippen LogP contribution in [0.5, 0.6) is 0 Å². The average Bonchev–Trinajstić information content (AvgIpc) is 2.40. The van der Waals surface area contributed by atoms with Crippen molar-refractivity contribution >= 4 is 23.3 Å². The van der Waals surface area contributed by atoms with Crippen molar-refractivity contribution in [1.29, 1.82) is 0 Å². The lowest BCUT2D eigenvalue weighted by atomic mass is 10.1. The van der Waals surface area contributed by atoms with Crippen LogP contribution in [0.1, 0.15) is 21.5 Å². The summed E-state index contributed by atoms with van der Waals surface area (Å²) in [6.45, 7) is 1.57. The van der Waals surface area contributed by atoms with E-state index in [9.17, 15) is 9.18 Å². The van der Waals surface area contributed by atoms with E-state index < -0.39 is 11.8 Å². The van der Waals surface area contributed by atoms with Gasteiger partial charge in [-0.2, -0.15) is 0 Å². The summed E-state index contributed by atoms with van der Waals surface area (Å²) in [5.41, 5.74) is 7.52. The SMILES string of the molecule is Cc1c(N)cccc1C(=O)OCc1ccc(Cl)cc1F. The quantitative estimate of drug-likeness (QED) is 0.693. The summed E-state index contributed by atoms with van der Waals surface area (Å²) in [5.74, 6) is -1.04. The lowest BCUT2D eigenvalue weighted by molar-refractivity contribution is 0.0468. The highest BCUT2D eigenvalue weighted by molar-refractivity contribution is 6.30. The molecule has 0 saturated carbocycles. The predicted molar refractivity (Wildman–Crippen MR) is 76.1 cm³/mol. The number of carbonyl (C=O) groups excluding carboxylic acids is 1. The van der Waals surface area contributed by atoms with E-state index in [1.54, 1.807) is 31.2 Å². The first-order chi connectivity index (χ1) is 9.49. The van der Waals surface area contributed by atoms with Crippen LogP contribution < -0.4 is 5.73 Å². The Bertz CT molecular complexity index is 658. The van der Waals surface area contributed by atoms with Crippen LogP contribution in [0.25, 0.3) is 0 Å². The summed E-state index contributed by atoms with van der Waals surface area (Å²) >= 11 is 5.65. The van der Waals surface area contributed by atoms with Crippen molar-refractivity contribution < 1.29 is 13.9 Å². The highest BCUT2D eigenvalue weighted by Gasteiger charge is 2.13. The van der Waals surface area contributed by atoms with Crippen molar-refractivity contribution in [2.75, 3.05) is 5.73 Å². The lowest BCUT2D eigenvalue weighted by Gasteiger charge is -2.09. The van der Waals surface area contributed by atoms with Crippen LogP contribution in [0.15, 0.2) is 36.4 Å². The second-order valence-electron chi connectivity index (χ2n) is 4.33. The third kappa shape index (κ3) is 3.08. The minimum absolute atomic E-state index is 0.157. The Morgan fingerprint density at radius 2 is 2.10 bits per heavy atom. The Hall–Kier alpha value is -2.07. The molecular weight excluding hydrogens is 281 g/mol. The fraction of sp³-hybridized carbons (Fsp3) is 0.133. The number of esters is 1. The molecule has 2 aromatic carbocycles. The second kappa shape index (κ2) is 5.92. The van der Waals surface area contributed by atoms with Crippen LogP contribution in [0.3, 0.4) is 0 Å². The molecular formula is C15H13ClFNO2. The molecule has 2 aromatic rings. The molecule has 2 N–H and O–H groups in total. The Labute approximate surface area is 121 Å². The predicted octanol–water partition coefficient (Wildman–Crippen LogP) is 3.73. The number of nitrogen functional groups attached to an aromatic ring is 1. The molecule has 2 rings (SSSR count). The number of halogens is 2. The maximum Gasteiger partial charge on any atom is 0.338 e. The standard InChI is InChI=1S/C15H13ClFNO2/c1-9-12(3-2-4-14(9)18)15(19)20-8-10-5-6-11(16)7-13(10)17/h2-7H,8,18H2,1H3.